The van der Waals surface area contributed by atoms with Crippen molar-refractivity contribution in [2.45, 2.75) is 26.3 Å². The van der Waals surface area contributed by atoms with E-state index in [0.717, 1.165) is 38.2 Å². The largest absolute Gasteiger partial charge is 0.399 e. The summed E-state index contributed by atoms with van der Waals surface area (Å²) >= 11 is 0. The second-order valence-electron chi connectivity index (χ2n) is 5.30. The van der Waals surface area contributed by atoms with Crippen molar-refractivity contribution in [2.75, 3.05) is 25.9 Å². The summed E-state index contributed by atoms with van der Waals surface area (Å²) in [5, 5.41) is 2.74. The lowest BCUT2D eigenvalue weighted by Crippen LogP contribution is -2.39. The van der Waals surface area contributed by atoms with Crippen molar-refractivity contribution in [3.63, 3.8) is 0 Å². The van der Waals surface area contributed by atoms with Gasteiger partial charge in [-0.3, -0.25) is 9.69 Å². The molecule has 0 saturated carbocycles. The molecule has 0 aromatic heterocycles. The summed E-state index contributed by atoms with van der Waals surface area (Å²) in [7, 11) is 1.71. The Bertz CT molecular complexity index is 451. The highest BCUT2D eigenvalue weighted by Gasteiger charge is 2.24. The van der Waals surface area contributed by atoms with Crippen LogP contribution in [-0.2, 0) is 11.3 Å². The monoisotopic (exact) mass is 261 g/mol. The first-order valence-electron chi connectivity index (χ1n) is 6.89. The number of amides is 1. The number of benzene rings is 1. The molecule has 1 heterocycles. The van der Waals surface area contributed by atoms with Crippen LogP contribution >= 0.6 is 0 Å². The topological polar surface area (TPSA) is 58.4 Å². The van der Waals surface area contributed by atoms with Gasteiger partial charge in [-0.25, -0.2) is 0 Å². The number of piperidine rings is 1. The Balaban J connectivity index is 1.92. The standard InChI is InChI=1S/C15H23N3O/c1-11-13(4-3-5-14(11)16)10-18-8-6-12(7-9-18)15(19)17-2/h3-5,12H,6-10,16H2,1-2H3,(H,17,19). The number of nitrogens with two attached hydrogens (primary N) is 1. The zero-order valence-electron chi connectivity index (χ0n) is 11.8. The van der Waals surface area contributed by atoms with Crippen molar-refractivity contribution in [3.05, 3.63) is 29.3 Å². The molecule has 1 fully saturated rings. The smallest absolute Gasteiger partial charge is 0.222 e. The molecular formula is C15H23N3O. The van der Waals surface area contributed by atoms with E-state index < -0.39 is 0 Å². The summed E-state index contributed by atoms with van der Waals surface area (Å²) in [6, 6.07) is 6.09. The van der Waals surface area contributed by atoms with Gasteiger partial charge in [-0.2, -0.15) is 0 Å². The molecule has 0 atom stereocenters. The van der Waals surface area contributed by atoms with Gasteiger partial charge in [0.1, 0.15) is 0 Å². The Morgan fingerprint density at radius 3 is 2.74 bits per heavy atom. The molecule has 104 valence electrons. The van der Waals surface area contributed by atoms with Gasteiger partial charge in [0.25, 0.3) is 0 Å². The van der Waals surface area contributed by atoms with E-state index in [1.165, 1.54) is 11.1 Å². The van der Waals surface area contributed by atoms with Crippen LogP contribution in [0.25, 0.3) is 0 Å². The molecule has 19 heavy (non-hydrogen) atoms. The van der Waals surface area contributed by atoms with E-state index in [2.05, 4.69) is 23.2 Å². The van der Waals surface area contributed by atoms with Crippen LogP contribution in [0.4, 0.5) is 5.69 Å². The molecule has 0 unspecified atom stereocenters. The van der Waals surface area contributed by atoms with Crippen molar-refractivity contribution in [1.82, 2.24) is 10.2 Å². The number of likely N-dealkylation sites (tertiary alicyclic amines) is 1. The second-order valence-corrected chi connectivity index (χ2v) is 5.30. The van der Waals surface area contributed by atoms with Crippen molar-refractivity contribution in [2.24, 2.45) is 5.92 Å². The van der Waals surface area contributed by atoms with Crippen LogP contribution in [-0.4, -0.2) is 30.9 Å². The molecule has 1 aliphatic rings. The number of nitrogen functional groups attached to an aromatic ring is 1. The molecule has 2 rings (SSSR count). The van der Waals surface area contributed by atoms with Gasteiger partial charge in [-0.15, -0.1) is 0 Å². The fourth-order valence-electron chi connectivity index (χ4n) is 2.67. The fraction of sp³-hybridized carbons (Fsp3) is 0.533. The lowest BCUT2D eigenvalue weighted by Gasteiger charge is -2.31. The summed E-state index contributed by atoms with van der Waals surface area (Å²) in [5.41, 5.74) is 9.26. The molecule has 0 bridgehead atoms. The number of anilines is 1. The molecule has 0 aliphatic carbocycles. The average molecular weight is 261 g/mol. The van der Waals surface area contributed by atoms with Crippen LogP contribution in [0.3, 0.4) is 0 Å². The van der Waals surface area contributed by atoms with Gasteiger partial charge in [0.2, 0.25) is 5.91 Å². The number of hydrogen-bond donors (Lipinski definition) is 2. The first-order chi connectivity index (χ1) is 9.11. The second kappa shape index (κ2) is 6.06. The molecule has 1 aliphatic heterocycles. The minimum atomic E-state index is 0.180. The summed E-state index contributed by atoms with van der Waals surface area (Å²) < 4.78 is 0. The van der Waals surface area contributed by atoms with Crippen LogP contribution in [0.2, 0.25) is 0 Å². The molecule has 1 aromatic rings. The van der Waals surface area contributed by atoms with E-state index in [-0.39, 0.29) is 11.8 Å². The van der Waals surface area contributed by atoms with E-state index >= 15 is 0 Å². The molecule has 4 heteroatoms. The van der Waals surface area contributed by atoms with E-state index in [4.69, 9.17) is 5.73 Å². The van der Waals surface area contributed by atoms with Gasteiger partial charge in [0, 0.05) is 25.2 Å². The third-order valence-electron chi connectivity index (χ3n) is 4.09. The average Bonchev–Trinajstić information content (AvgIpc) is 2.44. The highest BCUT2D eigenvalue weighted by molar-refractivity contribution is 5.78. The maximum Gasteiger partial charge on any atom is 0.222 e. The Morgan fingerprint density at radius 1 is 1.42 bits per heavy atom. The van der Waals surface area contributed by atoms with Gasteiger partial charge >= 0.3 is 0 Å². The fourth-order valence-corrected chi connectivity index (χ4v) is 2.67. The first-order valence-corrected chi connectivity index (χ1v) is 6.89. The lowest BCUT2D eigenvalue weighted by molar-refractivity contribution is -0.125. The van der Waals surface area contributed by atoms with Crippen LogP contribution in [0, 0.1) is 12.8 Å². The van der Waals surface area contributed by atoms with E-state index in [1.54, 1.807) is 7.05 Å². The first kappa shape index (κ1) is 13.9. The van der Waals surface area contributed by atoms with E-state index in [0.29, 0.717) is 0 Å². The molecule has 0 radical (unpaired) electrons. The van der Waals surface area contributed by atoms with Crippen molar-refractivity contribution >= 4 is 11.6 Å². The SMILES string of the molecule is CNC(=O)C1CCN(Cc2cccc(N)c2C)CC1. The van der Waals surface area contributed by atoms with E-state index in [1.807, 2.05) is 12.1 Å². The Labute approximate surface area is 115 Å². The predicted molar refractivity (Wildman–Crippen MR) is 77.7 cm³/mol. The maximum absolute atomic E-state index is 11.6. The predicted octanol–water partition coefficient (Wildman–Crippen LogP) is 1.54. The minimum absolute atomic E-state index is 0.180. The zero-order chi connectivity index (χ0) is 13.8. The summed E-state index contributed by atoms with van der Waals surface area (Å²) in [6.45, 7) is 4.96. The Hall–Kier alpha value is -1.55. The van der Waals surface area contributed by atoms with Crippen molar-refractivity contribution < 1.29 is 4.79 Å². The Morgan fingerprint density at radius 2 is 2.11 bits per heavy atom. The highest BCUT2D eigenvalue weighted by atomic mass is 16.1. The molecule has 0 spiro atoms. The lowest BCUT2D eigenvalue weighted by atomic mass is 9.95. The molecule has 1 saturated heterocycles. The number of nitrogens with zero attached hydrogens (tertiary/aromatic N) is 1. The van der Waals surface area contributed by atoms with Gasteiger partial charge in [0.05, 0.1) is 0 Å². The third-order valence-corrected chi connectivity index (χ3v) is 4.09. The van der Waals surface area contributed by atoms with Crippen molar-refractivity contribution in [1.29, 1.82) is 0 Å². The molecule has 1 aromatic carbocycles. The van der Waals surface area contributed by atoms with Crippen LogP contribution in [0.1, 0.15) is 24.0 Å². The van der Waals surface area contributed by atoms with Crippen LogP contribution in [0.5, 0.6) is 0 Å². The highest BCUT2D eigenvalue weighted by Crippen LogP contribution is 2.22. The van der Waals surface area contributed by atoms with Gasteiger partial charge in [-0.1, -0.05) is 12.1 Å². The Kier molecular flexibility index (Phi) is 4.43. The number of nitrogens with one attached hydrogen (secondary N) is 1. The van der Waals surface area contributed by atoms with Crippen LogP contribution in [0.15, 0.2) is 18.2 Å². The quantitative estimate of drug-likeness (QED) is 0.811. The normalized spacial score (nSPS) is 17.4. The van der Waals surface area contributed by atoms with Crippen molar-refractivity contribution in [3.8, 4) is 0 Å². The number of rotatable bonds is 3. The van der Waals surface area contributed by atoms with Gasteiger partial charge in [-0.05, 0) is 50.0 Å². The molecular weight excluding hydrogens is 238 g/mol. The molecule has 1 amide bonds. The summed E-state index contributed by atoms with van der Waals surface area (Å²) in [6.07, 6.45) is 1.89. The van der Waals surface area contributed by atoms with Gasteiger partial charge in [0.15, 0.2) is 0 Å². The minimum Gasteiger partial charge on any atom is -0.399 e. The summed E-state index contributed by atoms with van der Waals surface area (Å²) in [4.78, 5) is 14.0. The maximum atomic E-state index is 11.6. The van der Waals surface area contributed by atoms with Crippen LogP contribution < -0.4 is 11.1 Å². The molecule has 3 N–H and O–H groups in total. The molecule has 4 nitrogen and oxygen atoms in total. The van der Waals surface area contributed by atoms with E-state index in [9.17, 15) is 4.79 Å². The third kappa shape index (κ3) is 3.26. The van der Waals surface area contributed by atoms with Gasteiger partial charge < -0.3 is 11.1 Å². The number of carbonyl (C=O) groups excluding carboxylic acids is 1. The number of hydrogen-bond acceptors (Lipinski definition) is 3. The summed E-state index contributed by atoms with van der Waals surface area (Å²) in [5.74, 6) is 0.364. The number of carbonyl (C=O) groups is 1. The zero-order valence-corrected chi connectivity index (χ0v) is 11.8.